The Balaban J connectivity index is 1.84. The van der Waals surface area contributed by atoms with Gasteiger partial charge in [0.15, 0.2) is 0 Å². The topological polar surface area (TPSA) is 99.2 Å². The first-order valence-electron chi connectivity index (χ1n) is 8.23. The van der Waals surface area contributed by atoms with Gasteiger partial charge in [-0.05, 0) is 30.7 Å². The van der Waals surface area contributed by atoms with Crippen molar-refractivity contribution < 1.29 is 9.72 Å². The lowest BCUT2D eigenvalue weighted by Crippen LogP contribution is -2.29. The second-order valence-electron chi connectivity index (χ2n) is 5.86. The summed E-state index contributed by atoms with van der Waals surface area (Å²) in [4.78, 5) is 35.2. The Hall–Kier alpha value is -3.42. The van der Waals surface area contributed by atoms with Crippen LogP contribution in [0.15, 0.2) is 53.3 Å². The summed E-state index contributed by atoms with van der Waals surface area (Å²) in [5.41, 5.74) is 1.65. The summed E-state index contributed by atoms with van der Waals surface area (Å²) in [7, 11) is 0. The maximum Gasteiger partial charge on any atom is 0.329 e. The summed E-state index contributed by atoms with van der Waals surface area (Å²) in [6.07, 6.45) is 0.808. The number of hydrogen-bond acceptors (Lipinski definition) is 4. The van der Waals surface area contributed by atoms with E-state index in [9.17, 15) is 19.7 Å². The molecular weight excluding hydrogens is 336 g/mol. The van der Waals surface area contributed by atoms with Crippen LogP contribution in [0.4, 0.5) is 11.4 Å². The molecular formula is C18H18N4O4. The van der Waals surface area contributed by atoms with Crippen LogP contribution >= 0.6 is 0 Å². The molecule has 26 heavy (non-hydrogen) atoms. The number of fused-ring (bicyclic) bond motifs is 1. The first-order valence-corrected chi connectivity index (χ1v) is 8.23. The molecule has 0 fully saturated rings. The lowest BCUT2D eigenvalue weighted by atomic mass is 10.3. The SMILES string of the molecule is CCCn1c(=O)n(CC(=O)Nc2ccc([N+](=O)[O-])cc2)c2ccccc21. The van der Waals surface area contributed by atoms with Crippen molar-refractivity contribution >= 4 is 28.3 Å². The number of non-ortho nitro benzene ring substituents is 1. The van der Waals surface area contributed by atoms with Crippen LogP contribution in [0.5, 0.6) is 0 Å². The van der Waals surface area contributed by atoms with E-state index in [4.69, 9.17) is 0 Å². The summed E-state index contributed by atoms with van der Waals surface area (Å²) < 4.78 is 3.10. The molecule has 3 rings (SSSR count). The number of para-hydroxylation sites is 2. The molecule has 0 aliphatic rings. The largest absolute Gasteiger partial charge is 0.329 e. The van der Waals surface area contributed by atoms with Crippen molar-refractivity contribution in [3.05, 3.63) is 69.1 Å². The smallest absolute Gasteiger partial charge is 0.325 e. The van der Waals surface area contributed by atoms with E-state index in [-0.39, 0.29) is 23.8 Å². The Labute approximate surface area is 148 Å². The molecule has 8 heteroatoms. The molecule has 2 aromatic carbocycles. The fourth-order valence-electron chi connectivity index (χ4n) is 2.88. The number of nitrogens with zero attached hydrogens (tertiary/aromatic N) is 3. The van der Waals surface area contributed by atoms with Gasteiger partial charge in [0.2, 0.25) is 5.91 Å². The monoisotopic (exact) mass is 354 g/mol. The number of aromatic nitrogens is 2. The number of amides is 1. The van der Waals surface area contributed by atoms with Gasteiger partial charge in [-0.1, -0.05) is 19.1 Å². The zero-order chi connectivity index (χ0) is 18.7. The number of carbonyl (C=O) groups excluding carboxylic acids is 1. The van der Waals surface area contributed by atoms with Crippen LogP contribution in [0.1, 0.15) is 13.3 Å². The lowest BCUT2D eigenvalue weighted by Gasteiger charge is -2.06. The van der Waals surface area contributed by atoms with Crippen molar-refractivity contribution in [2.75, 3.05) is 5.32 Å². The normalized spacial score (nSPS) is 10.8. The Morgan fingerprint density at radius 2 is 1.69 bits per heavy atom. The van der Waals surface area contributed by atoms with Crippen LogP contribution in [0.3, 0.4) is 0 Å². The average Bonchev–Trinajstić information content (AvgIpc) is 2.88. The van der Waals surface area contributed by atoms with Gasteiger partial charge in [0.1, 0.15) is 6.54 Å². The number of carbonyl (C=O) groups is 1. The molecule has 1 N–H and O–H groups in total. The molecule has 8 nitrogen and oxygen atoms in total. The zero-order valence-corrected chi connectivity index (χ0v) is 14.2. The number of nitro groups is 1. The number of nitro benzene ring substituents is 1. The van der Waals surface area contributed by atoms with Gasteiger partial charge in [0, 0.05) is 24.4 Å². The summed E-state index contributed by atoms with van der Waals surface area (Å²) in [6, 6.07) is 12.9. The van der Waals surface area contributed by atoms with Gasteiger partial charge in [-0.15, -0.1) is 0 Å². The molecule has 0 spiro atoms. The van der Waals surface area contributed by atoms with Gasteiger partial charge < -0.3 is 5.32 Å². The molecule has 0 aliphatic carbocycles. The molecule has 1 aromatic heterocycles. The van der Waals surface area contributed by atoms with Gasteiger partial charge >= 0.3 is 5.69 Å². The number of aryl methyl sites for hydroxylation is 1. The van der Waals surface area contributed by atoms with Crippen LogP contribution < -0.4 is 11.0 Å². The van der Waals surface area contributed by atoms with E-state index >= 15 is 0 Å². The number of nitrogens with one attached hydrogen (secondary N) is 1. The third-order valence-electron chi connectivity index (χ3n) is 4.04. The van der Waals surface area contributed by atoms with Crippen LogP contribution in [0.25, 0.3) is 11.0 Å². The predicted molar refractivity (Wildman–Crippen MR) is 98.2 cm³/mol. The van der Waals surface area contributed by atoms with Crippen molar-refractivity contribution in [2.45, 2.75) is 26.4 Å². The first kappa shape index (κ1) is 17.4. The number of imidazole rings is 1. The van der Waals surface area contributed by atoms with Crippen molar-refractivity contribution in [3.63, 3.8) is 0 Å². The van der Waals surface area contributed by atoms with Crippen LogP contribution in [-0.4, -0.2) is 20.0 Å². The summed E-state index contributed by atoms with van der Waals surface area (Å²) in [6.45, 7) is 2.43. The molecule has 0 aliphatic heterocycles. The van der Waals surface area contributed by atoms with E-state index in [2.05, 4.69) is 5.32 Å². The van der Waals surface area contributed by atoms with E-state index in [0.717, 1.165) is 11.9 Å². The molecule has 134 valence electrons. The number of anilines is 1. The van der Waals surface area contributed by atoms with E-state index in [0.29, 0.717) is 17.7 Å². The average molecular weight is 354 g/mol. The molecule has 0 atom stereocenters. The second kappa shape index (κ2) is 7.22. The highest BCUT2D eigenvalue weighted by Crippen LogP contribution is 2.16. The fraction of sp³-hybridized carbons (Fsp3) is 0.222. The van der Waals surface area contributed by atoms with Crippen LogP contribution in [0.2, 0.25) is 0 Å². The Morgan fingerprint density at radius 3 is 2.27 bits per heavy atom. The molecule has 0 saturated carbocycles. The molecule has 0 saturated heterocycles. The maximum atomic E-state index is 12.7. The van der Waals surface area contributed by atoms with E-state index in [1.54, 1.807) is 4.57 Å². The third-order valence-corrected chi connectivity index (χ3v) is 4.04. The summed E-state index contributed by atoms with van der Waals surface area (Å²) >= 11 is 0. The van der Waals surface area contributed by atoms with Crippen LogP contribution in [0, 0.1) is 10.1 Å². The summed E-state index contributed by atoms with van der Waals surface area (Å²) in [5.74, 6) is -0.375. The minimum atomic E-state index is -0.506. The molecule has 1 amide bonds. The van der Waals surface area contributed by atoms with E-state index in [1.165, 1.54) is 28.8 Å². The van der Waals surface area contributed by atoms with Crippen molar-refractivity contribution in [2.24, 2.45) is 0 Å². The van der Waals surface area contributed by atoms with Gasteiger partial charge in [0.05, 0.1) is 16.0 Å². The maximum absolute atomic E-state index is 12.7. The van der Waals surface area contributed by atoms with E-state index < -0.39 is 4.92 Å². The van der Waals surface area contributed by atoms with E-state index in [1.807, 2.05) is 31.2 Å². The Kier molecular flexibility index (Phi) is 4.83. The third kappa shape index (κ3) is 3.34. The first-order chi connectivity index (χ1) is 12.5. The Bertz CT molecular complexity index is 1020. The zero-order valence-electron chi connectivity index (χ0n) is 14.2. The van der Waals surface area contributed by atoms with Gasteiger partial charge in [0.25, 0.3) is 5.69 Å². The second-order valence-corrected chi connectivity index (χ2v) is 5.86. The highest BCUT2D eigenvalue weighted by Gasteiger charge is 2.15. The van der Waals surface area contributed by atoms with Gasteiger partial charge in [-0.25, -0.2) is 4.79 Å². The number of benzene rings is 2. The lowest BCUT2D eigenvalue weighted by molar-refractivity contribution is -0.384. The molecule has 3 aromatic rings. The van der Waals surface area contributed by atoms with Gasteiger partial charge in [-0.2, -0.15) is 0 Å². The molecule has 0 radical (unpaired) electrons. The number of hydrogen-bond donors (Lipinski definition) is 1. The van der Waals surface area contributed by atoms with Crippen molar-refractivity contribution in [3.8, 4) is 0 Å². The van der Waals surface area contributed by atoms with Gasteiger partial charge in [-0.3, -0.25) is 24.0 Å². The number of rotatable bonds is 6. The molecule has 0 bridgehead atoms. The van der Waals surface area contributed by atoms with Crippen LogP contribution in [-0.2, 0) is 17.9 Å². The quantitative estimate of drug-likeness (QED) is 0.543. The molecule has 0 unspecified atom stereocenters. The predicted octanol–water partition coefficient (Wildman–Crippen LogP) is 2.76. The minimum Gasteiger partial charge on any atom is -0.325 e. The highest BCUT2D eigenvalue weighted by atomic mass is 16.6. The minimum absolute atomic E-state index is 0.0538. The van der Waals surface area contributed by atoms with Crippen molar-refractivity contribution in [1.82, 2.24) is 9.13 Å². The Morgan fingerprint density at radius 1 is 1.08 bits per heavy atom. The molecule has 1 heterocycles. The fourth-order valence-corrected chi connectivity index (χ4v) is 2.88. The summed E-state index contributed by atoms with van der Waals surface area (Å²) in [5, 5.41) is 13.3. The van der Waals surface area contributed by atoms with Crippen molar-refractivity contribution in [1.29, 1.82) is 0 Å². The standard InChI is InChI=1S/C18H18N4O4/c1-2-11-20-15-5-3-4-6-16(15)21(18(20)24)12-17(23)19-13-7-9-14(10-8-13)22(25)26/h3-10H,2,11-12H2,1H3,(H,19,23). The highest BCUT2D eigenvalue weighted by molar-refractivity contribution is 5.91.